The minimum absolute atomic E-state index is 0.319. The average molecular weight is 145 g/mol. The fraction of sp³-hybridized carbons (Fsp3) is 0.300. The van der Waals surface area contributed by atoms with Crippen molar-refractivity contribution in [3.05, 3.63) is 35.5 Å². The summed E-state index contributed by atoms with van der Waals surface area (Å²) in [5.74, 6) is 0. The lowest BCUT2D eigenvalue weighted by Crippen LogP contribution is -2.01. The molecule has 0 N–H and O–H groups in total. The van der Waals surface area contributed by atoms with E-state index in [0.29, 0.717) is 6.04 Å². The largest absolute Gasteiger partial charge is 0.278 e. The first-order chi connectivity index (χ1) is 5.29. The lowest BCUT2D eigenvalue weighted by atomic mass is 10.00. The summed E-state index contributed by atoms with van der Waals surface area (Å²) in [6, 6.07) is 0.319. The van der Waals surface area contributed by atoms with Crippen molar-refractivity contribution in [2.45, 2.75) is 19.9 Å². The highest BCUT2D eigenvalue weighted by molar-refractivity contribution is 6.01. The molecule has 0 fully saturated rings. The van der Waals surface area contributed by atoms with Crippen molar-refractivity contribution in [2.24, 2.45) is 4.99 Å². The molecule has 0 bridgehead atoms. The molecule has 1 heteroatoms. The van der Waals surface area contributed by atoms with Crippen LogP contribution in [0.3, 0.4) is 0 Å². The van der Waals surface area contributed by atoms with Crippen LogP contribution in [0.4, 0.5) is 0 Å². The minimum Gasteiger partial charge on any atom is -0.278 e. The molecule has 1 aliphatic heterocycles. The van der Waals surface area contributed by atoms with Gasteiger partial charge in [-0.1, -0.05) is 24.3 Å². The third-order valence-corrected chi connectivity index (χ3v) is 2.31. The van der Waals surface area contributed by atoms with E-state index in [0.717, 1.165) is 0 Å². The van der Waals surface area contributed by atoms with Gasteiger partial charge in [0.2, 0.25) is 0 Å². The first-order valence-electron chi connectivity index (χ1n) is 3.89. The minimum atomic E-state index is 0.319. The number of rotatable bonds is 0. The van der Waals surface area contributed by atoms with E-state index < -0.39 is 0 Å². The lowest BCUT2D eigenvalue weighted by Gasteiger charge is -2.06. The Hall–Kier alpha value is -1.11. The first kappa shape index (κ1) is 6.59. The number of allylic oxidation sites excluding steroid dienone is 3. The summed E-state index contributed by atoms with van der Waals surface area (Å²) < 4.78 is 0. The van der Waals surface area contributed by atoms with Crippen LogP contribution in [-0.2, 0) is 0 Å². The summed E-state index contributed by atoms with van der Waals surface area (Å²) in [7, 11) is 0. The molecule has 1 atom stereocenters. The molecule has 0 aromatic heterocycles. The van der Waals surface area contributed by atoms with Gasteiger partial charge < -0.3 is 0 Å². The molecule has 0 saturated carbocycles. The van der Waals surface area contributed by atoms with Crippen molar-refractivity contribution in [1.82, 2.24) is 0 Å². The second kappa shape index (κ2) is 2.19. The van der Waals surface area contributed by atoms with Crippen LogP contribution in [0.1, 0.15) is 13.8 Å². The third kappa shape index (κ3) is 0.881. The van der Waals surface area contributed by atoms with Crippen LogP contribution in [0.25, 0.3) is 0 Å². The monoisotopic (exact) mass is 145 g/mol. The molecule has 56 valence electrons. The van der Waals surface area contributed by atoms with Crippen molar-refractivity contribution < 1.29 is 0 Å². The van der Waals surface area contributed by atoms with E-state index in [1.807, 2.05) is 0 Å². The summed E-state index contributed by atoms with van der Waals surface area (Å²) in [5, 5.41) is 0. The van der Waals surface area contributed by atoms with Gasteiger partial charge in [-0.2, -0.15) is 0 Å². The molecule has 0 radical (unpaired) electrons. The second-order valence-electron chi connectivity index (χ2n) is 2.98. The zero-order valence-electron chi connectivity index (χ0n) is 6.83. The molecule has 0 aromatic carbocycles. The Labute approximate surface area is 66.8 Å². The summed E-state index contributed by atoms with van der Waals surface area (Å²) in [6.07, 6.45) is 8.42. The number of aliphatic imine (C=N–C) groups is 1. The van der Waals surface area contributed by atoms with Gasteiger partial charge in [0.25, 0.3) is 0 Å². The van der Waals surface area contributed by atoms with Gasteiger partial charge in [-0.3, -0.25) is 4.99 Å². The molecule has 1 heterocycles. The van der Waals surface area contributed by atoms with E-state index in [-0.39, 0.29) is 0 Å². The number of fused-ring (bicyclic) bond motifs is 1. The van der Waals surface area contributed by atoms with E-state index >= 15 is 0 Å². The summed E-state index contributed by atoms with van der Waals surface area (Å²) in [4.78, 5) is 4.50. The van der Waals surface area contributed by atoms with Crippen molar-refractivity contribution in [1.29, 1.82) is 0 Å². The Bertz CT molecular complexity index is 303. The summed E-state index contributed by atoms with van der Waals surface area (Å²) in [5.41, 5.74) is 3.89. The van der Waals surface area contributed by atoms with Gasteiger partial charge >= 0.3 is 0 Å². The molecular weight excluding hydrogens is 134 g/mol. The molecule has 0 spiro atoms. The zero-order valence-corrected chi connectivity index (χ0v) is 6.83. The van der Waals surface area contributed by atoms with E-state index in [1.54, 1.807) is 0 Å². The zero-order chi connectivity index (χ0) is 7.84. The van der Waals surface area contributed by atoms with Crippen LogP contribution in [0.5, 0.6) is 0 Å². The van der Waals surface area contributed by atoms with Gasteiger partial charge in [-0.25, -0.2) is 0 Å². The molecule has 1 aliphatic carbocycles. The number of hydrogen-bond acceptors (Lipinski definition) is 1. The topological polar surface area (TPSA) is 12.4 Å². The Kier molecular flexibility index (Phi) is 1.31. The third-order valence-electron chi connectivity index (χ3n) is 2.31. The maximum atomic E-state index is 4.50. The molecule has 1 nitrogen and oxygen atoms in total. The molecule has 1 unspecified atom stereocenters. The Morgan fingerprint density at radius 2 is 2.09 bits per heavy atom. The quantitative estimate of drug-likeness (QED) is 0.496. The molecule has 2 rings (SSSR count). The van der Waals surface area contributed by atoms with Gasteiger partial charge in [0.15, 0.2) is 0 Å². The van der Waals surface area contributed by atoms with Crippen LogP contribution in [-0.4, -0.2) is 11.8 Å². The van der Waals surface area contributed by atoms with Crippen LogP contribution in [0, 0.1) is 0 Å². The van der Waals surface area contributed by atoms with Crippen LogP contribution < -0.4 is 0 Å². The van der Waals surface area contributed by atoms with Crippen LogP contribution in [0.15, 0.2) is 40.4 Å². The Balaban J connectivity index is 2.49. The van der Waals surface area contributed by atoms with E-state index in [1.165, 1.54) is 16.9 Å². The van der Waals surface area contributed by atoms with Crippen molar-refractivity contribution in [3.8, 4) is 0 Å². The Morgan fingerprint density at radius 3 is 2.82 bits per heavy atom. The molecule has 0 amide bonds. The summed E-state index contributed by atoms with van der Waals surface area (Å²) >= 11 is 0. The van der Waals surface area contributed by atoms with Gasteiger partial charge in [0, 0.05) is 5.71 Å². The fourth-order valence-corrected chi connectivity index (χ4v) is 1.50. The SMILES string of the molecule is CC1=NC2C=CC=CC2=C1C. The highest BCUT2D eigenvalue weighted by Gasteiger charge is 2.19. The highest BCUT2D eigenvalue weighted by atomic mass is 14.8. The van der Waals surface area contributed by atoms with Crippen molar-refractivity contribution in [3.63, 3.8) is 0 Å². The predicted molar refractivity (Wildman–Crippen MR) is 47.9 cm³/mol. The highest BCUT2D eigenvalue weighted by Crippen LogP contribution is 2.25. The average Bonchev–Trinajstić information content (AvgIpc) is 2.30. The maximum absolute atomic E-state index is 4.50. The lowest BCUT2D eigenvalue weighted by molar-refractivity contribution is 0.993. The van der Waals surface area contributed by atoms with Gasteiger partial charge in [-0.05, 0) is 25.0 Å². The van der Waals surface area contributed by atoms with Crippen LogP contribution >= 0.6 is 0 Å². The molecule has 11 heavy (non-hydrogen) atoms. The second-order valence-corrected chi connectivity index (χ2v) is 2.98. The van der Waals surface area contributed by atoms with E-state index in [2.05, 4.69) is 43.1 Å². The van der Waals surface area contributed by atoms with E-state index in [4.69, 9.17) is 0 Å². The van der Waals surface area contributed by atoms with E-state index in [9.17, 15) is 0 Å². The normalized spacial score (nSPS) is 27.5. The smallest absolute Gasteiger partial charge is 0.0939 e. The molecule has 2 aliphatic rings. The number of nitrogens with zero attached hydrogens (tertiary/aromatic N) is 1. The van der Waals surface area contributed by atoms with Crippen molar-refractivity contribution in [2.75, 3.05) is 0 Å². The standard InChI is InChI=1S/C10H11N/c1-7-8(2)11-10-6-4-3-5-9(7)10/h3-6,10H,1-2H3. The number of hydrogen-bond donors (Lipinski definition) is 0. The summed E-state index contributed by atoms with van der Waals surface area (Å²) in [6.45, 7) is 4.21. The van der Waals surface area contributed by atoms with Crippen molar-refractivity contribution >= 4 is 5.71 Å². The first-order valence-corrected chi connectivity index (χ1v) is 3.89. The van der Waals surface area contributed by atoms with Crippen LogP contribution in [0.2, 0.25) is 0 Å². The maximum Gasteiger partial charge on any atom is 0.0939 e. The van der Waals surface area contributed by atoms with Gasteiger partial charge in [-0.15, -0.1) is 0 Å². The Morgan fingerprint density at radius 1 is 1.27 bits per heavy atom. The predicted octanol–water partition coefficient (Wildman–Crippen LogP) is 2.27. The van der Waals surface area contributed by atoms with Gasteiger partial charge in [0.05, 0.1) is 6.04 Å². The molecule has 0 aromatic rings. The molecular formula is C10H11N. The van der Waals surface area contributed by atoms with Gasteiger partial charge in [0.1, 0.15) is 0 Å². The fourth-order valence-electron chi connectivity index (χ4n) is 1.50. The molecule has 0 saturated heterocycles.